The molecule has 22 heavy (non-hydrogen) atoms. The predicted molar refractivity (Wildman–Crippen MR) is 80.5 cm³/mol. The Balaban J connectivity index is 2.22. The summed E-state index contributed by atoms with van der Waals surface area (Å²) in [6.45, 7) is 0. The number of rotatable bonds is 6. The predicted octanol–water partition coefficient (Wildman–Crippen LogP) is 2.80. The van der Waals surface area contributed by atoms with Crippen LogP contribution in [0.2, 0.25) is 0 Å². The monoisotopic (exact) mass is 300 g/mol. The maximum Gasteiger partial charge on any atom is 0.335 e. The van der Waals surface area contributed by atoms with Crippen molar-refractivity contribution >= 4 is 11.9 Å². The van der Waals surface area contributed by atoms with Gasteiger partial charge in [0.1, 0.15) is 5.75 Å². The Morgan fingerprint density at radius 3 is 2.05 bits per heavy atom. The fourth-order valence-corrected chi connectivity index (χ4v) is 2.20. The lowest BCUT2D eigenvalue weighted by Crippen LogP contribution is -2.14. The molecule has 0 saturated carbocycles. The minimum absolute atomic E-state index is 0.136. The lowest BCUT2D eigenvalue weighted by atomic mass is 9.91. The van der Waals surface area contributed by atoms with E-state index in [4.69, 9.17) is 9.84 Å². The Morgan fingerprint density at radius 1 is 1.00 bits per heavy atom. The molecule has 1 atom stereocenters. The third-order valence-electron chi connectivity index (χ3n) is 3.46. The highest BCUT2D eigenvalue weighted by Crippen LogP contribution is 2.23. The molecule has 1 unspecified atom stereocenters. The summed E-state index contributed by atoms with van der Waals surface area (Å²) in [5, 5.41) is 18.3. The van der Waals surface area contributed by atoms with E-state index < -0.39 is 17.9 Å². The zero-order valence-corrected chi connectivity index (χ0v) is 12.0. The van der Waals surface area contributed by atoms with Crippen LogP contribution in [0, 0.1) is 0 Å². The van der Waals surface area contributed by atoms with Gasteiger partial charge >= 0.3 is 11.9 Å². The summed E-state index contributed by atoms with van der Waals surface area (Å²) in [4.78, 5) is 22.3. The van der Waals surface area contributed by atoms with Gasteiger partial charge in [0.15, 0.2) is 0 Å². The molecule has 0 aromatic heterocycles. The standard InChI is InChI=1S/C17H16O5/c1-22-14-8-2-11(3-9-14)10-15(17(20)21)12-4-6-13(7-5-12)16(18)19/h2-9,15H,10H2,1H3,(H,18,19)(H,20,21). The number of hydrogen-bond donors (Lipinski definition) is 2. The van der Waals surface area contributed by atoms with Gasteiger partial charge in [-0.2, -0.15) is 0 Å². The number of benzene rings is 2. The fraction of sp³-hybridized carbons (Fsp3) is 0.176. The second kappa shape index (κ2) is 6.76. The molecule has 2 rings (SSSR count). The molecule has 0 aliphatic carbocycles. The molecule has 5 nitrogen and oxygen atoms in total. The van der Waals surface area contributed by atoms with Gasteiger partial charge in [-0.3, -0.25) is 4.79 Å². The van der Waals surface area contributed by atoms with Crippen LogP contribution in [0.5, 0.6) is 5.75 Å². The molecule has 2 aromatic rings. The van der Waals surface area contributed by atoms with Crippen LogP contribution in [0.4, 0.5) is 0 Å². The van der Waals surface area contributed by atoms with Crippen molar-refractivity contribution in [2.75, 3.05) is 7.11 Å². The Labute approximate surface area is 127 Å². The summed E-state index contributed by atoms with van der Waals surface area (Å²) >= 11 is 0. The van der Waals surface area contributed by atoms with E-state index in [0.717, 1.165) is 5.56 Å². The highest BCUT2D eigenvalue weighted by atomic mass is 16.5. The number of hydrogen-bond acceptors (Lipinski definition) is 3. The van der Waals surface area contributed by atoms with E-state index in [1.807, 2.05) is 12.1 Å². The minimum atomic E-state index is -1.03. The molecule has 0 heterocycles. The maximum atomic E-state index is 11.5. The molecule has 0 radical (unpaired) electrons. The van der Waals surface area contributed by atoms with Crippen LogP contribution in [0.3, 0.4) is 0 Å². The van der Waals surface area contributed by atoms with Crippen LogP contribution in [-0.4, -0.2) is 29.3 Å². The van der Waals surface area contributed by atoms with Gasteiger partial charge in [0, 0.05) is 0 Å². The molecular formula is C17H16O5. The van der Waals surface area contributed by atoms with E-state index in [1.54, 1.807) is 31.4 Å². The first-order valence-electron chi connectivity index (χ1n) is 6.70. The summed E-state index contributed by atoms with van der Waals surface area (Å²) in [7, 11) is 1.57. The largest absolute Gasteiger partial charge is 0.497 e. The molecule has 2 aromatic carbocycles. The van der Waals surface area contributed by atoms with Gasteiger partial charge in [0.05, 0.1) is 18.6 Å². The lowest BCUT2D eigenvalue weighted by Gasteiger charge is -2.13. The maximum absolute atomic E-state index is 11.5. The van der Waals surface area contributed by atoms with Crippen LogP contribution in [0.25, 0.3) is 0 Å². The highest BCUT2D eigenvalue weighted by molar-refractivity contribution is 5.87. The highest BCUT2D eigenvalue weighted by Gasteiger charge is 2.20. The second-order valence-corrected chi connectivity index (χ2v) is 4.87. The summed E-state index contributed by atoms with van der Waals surface area (Å²) in [6.07, 6.45) is 0.325. The first-order chi connectivity index (χ1) is 10.5. The summed E-state index contributed by atoms with van der Waals surface area (Å²) in [5.41, 5.74) is 1.58. The van der Waals surface area contributed by atoms with Crippen LogP contribution < -0.4 is 4.74 Å². The van der Waals surface area contributed by atoms with Gasteiger partial charge in [0.25, 0.3) is 0 Å². The number of carbonyl (C=O) groups is 2. The van der Waals surface area contributed by atoms with E-state index in [9.17, 15) is 14.7 Å². The first kappa shape index (κ1) is 15.6. The van der Waals surface area contributed by atoms with E-state index >= 15 is 0 Å². The Morgan fingerprint density at radius 2 is 1.59 bits per heavy atom. The second-order valence-electron chi connectivity index (χ2n) is 4.87. The molecular weight excluding hydrogens is 284 g/mol. The molecule has 114 valence electrons. The molecule has 5 heteroatoms. The molecule has 0 aliphatic heterocycles. The SMILES string of the molecule is COc1ccc(CC(C(=O)O)c2ccc(C(=O)O)cc2)cc1. The summed E-state index contributed by atoms with van der Waals surface area (Å²) in [6, 6.07) is 13.1. The summed E-state index contributed by atoms with van der Waals surface area (Å²) in [5.74, 6) is -2.00. The van der Waals surface area contributed by atoms with Crippen molar-refractivity contribution in [1.29, 1.82) is 0 Å². The van der Waals surface area contributed by atoms with Gasteiger partial charge in [-0.1, -0.05) is 24.3 Å². The summed E-state index contributed by atoms with van der Waals surface area (Å²) < 4.78 is 5.07. The van der Waals surface area contributed by atoms with Crippen molar-refractivity contribution in [1.82, 2.24) is 0 Å². The zero-order chi connectivity index (χ0) is 16.1. The minimum Gasteiger partial charge on any atom is -0.497 e. The average Bonchev–Trinajstić information content (AvgIpc) is 2.53. The number of carboxylic acid groups (broad SMARTS) is 2. The molecule has 0 bridgehead atoms. The van der Waals surface area contributed by atoms with Crippen molar-refractivity contribution in [3.8, 4) is 5.75 Å². The van der Waals surface area contributed by atoms with Gasteiger partial charge < -0.3 is 14.9 Å². The van der Waals surface area contributed by atoms with Crippen molar-refractivity contribution in [2.24, 2.45) is 0 Å². The van der Waals surface area contributed by atoms with Crippen LogP contribution >= 0.6 is 0 Å². The van der Waals surface area contributed by atoms with E-state index in [2.05, 4.69) is 0 Å². The quantitative estimate of drug-likeness (QED) is 0.857. The van der Waals surface area contributed by atoms with Crippen molar-refractivity contribution < 1.29 is 24.5 Å². The van der Waals surface area contributed by atoms with E-state index in [1.165, 1.54) is 12.1 Å². The first-order valence-corrected chi connectivity index (χ1v) is 6.70. The van der Waals surface area contributed by atoms with Gasteiger partial charge in [-0.05, 0) is 41.8 Å². The van der Waals surface area contributed by atoms with Gasteiger partial charge in [-0.15, -0.1) is 0 Å². The molecule has 0 fully saturated rings. The van der Waals surface area contributed by atoms with Crippen LogP contribution in [0.15, 0.2) is 48.5 Å². The van der Waals surface area contributed by atoms with Crippen molar-refractivity contribution in [3.05, 3.63) is 65.2 Å². The van der Waals surface area contributed by atoms with Crippen LogP contribution in [0.1, 0.15) is 27.4 Å². The topological polar surface area (TPSA) is 83.8 Å². The van der Waals surface area contributed by atoms with Crippen LogP contribution in [-0.2, 0) is 11.2 Å². The Kier molecular flexibility index (Phi) is 4.78. The molecule has 0 spiro atoms. The van der Waals surface area contributed by atoms with Crippen molar-refractivity contribution in [3.63, 3.8) is 0 Å². The molecule has 0 amide bonds. The Hall–Kier alpha value is -2.82. The number of aliphatic carboxylic acids is 1. The number of methoxy groups -OCH3 is 1. The van der Waals surface area contributed by atoms with Crippen molar-refractivity contribution in [2.45, 2.75) is 12.3 Å². The van der Waals surface area contributed by atoms with E-state index in [0.29, 0.717) is 17.7 Å². The molecule has 0 aliphatic rings. The molecule has 2 N–H and O–H groups in total. The lowest BCUT2D eigenvalue weighted by molar-refractivity contribution is -0.138. The van der Waals surface area contributed by atoms with E-state index in [-0.39, 0.29) is 5.56 Å². The average molecular weight is 300 g/mol. The molecule has 0 saturated heterocycles. The number of carboxylic acids is 2. The Bertz CT molecular complexity index is 658. The zero-order valence-electron chi connectivity index (χ0n) is 12.0. The number of ether oxygens (including phenoxy) is 1. The normalized spacial score (nSPS) is 11.7. The van der Waals surface area contributed by atoms with Gasteiger partial charge in [0.2, 0.25) is 0 Å². The fourth-order valence-electron chi connectivity index (χ4n) is 2.20. The number of aromatic carboxylic acids is 1. The third kappa shape index (κ3) is 3.63. The van der Waals surface area contributed by atoms with Gasteiger partial charge in [-0.25, -0.2) is 4.79 Å². The smallest absolute Gasteiger partial charge is 0.335 e. The third-order valence-corrected chi connectivity index (χ3v) is 3.46.